The van der Waals surface area contributed by atoms with Crippen molar-refractivity contribution in [3.63, 3.8) is 0 Å². The van der Waals surface area contributed by atoms with Crippen molar-refractivity contribution in [1.82, 2.24) is 10.2 Å². The monoisotopic (exact) mass is 567 g/mol. The fourth-order valence-electron chi connectivity index (χ4n) is 4.39. The van der Waals surface area contributed by atoms with Crippen molar-refractivity contribution in [3.8, 4) is 0 Å². The summed E-state index contributed by atoms with van der Waals surface area (Å²) in [6.45, 7) is 8.81. The normalized spacial score (nSPS) is 12.8. The van der Waals surface area contributed by atoms with Gasteiger partial charge in [-0.05, 0) is 80.6 Å². The smallest absolute Gasteiger partial charge is 0.264 e. The summed E-state index contributed by atoms with van der Waals surface area (Å²) >= 11 is 0. The number of nitrogens with one attached hydrogen (secondary N) is 1. The standard InChI is InChI=1S/C31H38FN3O4S/c1-6-23(4)33-31(37)28(7-2)34(20-25-16-18-26(32)19-17-25)30(36)21-35(29-15-11-12-22(3)24(29)5)40(38,39)27-13-9-8-10-14-27/h8-19,23,28H,6-7,20-21H2,1-5H3,(H,33,37)/t23-,28-/m1/s1. The Hall–Kier alpha value is -3.72. The molecule has 0 spiro atoms. The number of aryl methyl sites for hydroxylation is 1. The Kier molecular flexibility index (Phi) is 10.5. The number of anilines is 1. The number of benzene rings is 3. The summed E-state index contributed by atoms with van der Waals surface area (Å²) in [5.74, 6) is -1.29. The van der Waals surface area contributed by atoms with Gasteiger partial charge in [-0.1, -0.05) is 56.3 Å². The van der Waals surface area contributed by atoms with Crippen molar-refractivity contribution >= 4 is 27.5 Å². The largest absolute Gasteiger partial charge is 0.352 e. The number of carbonyl (C=O) groups is 2. The number of carbonyl (C=O) groups excluding carboxylic acids is 2. The van der Waals surface area contributed by atoms with Gasteiger partial charge in [0.15, 0.2) is 0 Å². The number of halogens is 1. The first kappa shape index (κ1) is 30.8. The third-order valence-corrected chi connectivity index (χ3v) is 8.88. The average molecular weight is 568 g/mol. The Bertz CT molecular complexity index is 1410. The van der Waals surface area contributed by atoms with Crippen molar-refractivity contribution in [1.29, 1.82) is 0 Å². The number of hydrogen-bond donors (Lipinski definition) is 1. The van der Waals surface area contributed by atoms with Gasteiger partial charge in [0.05, 0.1) is 10.6 Å². The number of hydrogen-bond acceptors (Lipinski definition) is 4. The summed E-state index contributed by atoms with van der Waals surface area (Å²) in [7, 11) is -4.14. The zero-order valence-electron chi connectivity index (χ0n) is 23.7. The highest BCUT2D eigenvalue weighted by atomic mass is 32.2. The topological polar surface area (TPSA) is 86.8 Å². The molecule has 1 N–H and O–H groups in total. The van der Waals surface area contributed by atoms with Crippen LogP contribution in [0.2, 0.25) is 0 Å². The Labute approximate surface area is 237 Å². The summed E-state index contributed by atoms with van der Waals surface area (Å²) in [5.41, 5.74) is 2.60. The molecular formula is C31H38FN3O4S. The second-order valence-electron chi connectivity index (χ2n) is 9.93. The first-order chi connectivity index (χ1) is 19.0. The first-order valence-corrected chi connectivity index (χ1v) is 14.9. The molecule has 7 nitrogen and oxygen atoms in total. The molecule has 0 saturated heterocycles. The molecule has 0 bridgehead atoms. The molecule has 0 aliphatic rings. The third kappa shape index (κ3) is 7.27. The highest BCUT2D eigenvalue weighted by Crippen LogP contribution is 2.29. The van der Waals surface area contributed by atoms with Crippen molar-refractivity contribution < 1.29 is 22.4 Å². The van der Waals surface area contributed by atoms with Crippen LogP contribution in [0.5, 0.6) is 0 Å². The minimum atomic E-state index is -4.14. The Morgan fingerprint density at radius 3 is 2.15 bits per heavy atom. The maximum Gasteiger partial charge on any atom is 0.264 e. The van der Waals surface area contributed by atoms with E-state index in [0.717, 1.165) is 15.4 Å². The van der Waals surface area contributed by atoms with Crippen LogP contribution in [0.3, 0.4) is 0 Å². The Morgan fingerprint density at radius 2 is 1.55 bits per heavy atom. The third-order valence-electron chi connectivity index (χ3n) is 7.11. The summed E-state index contributed by atoms with van der Waals surface area (Å²) in [5, 5.41) is 2.94. The van der Waals surface area contributed by atoms with Gasteiger partial charge >= 0.3 is 0 Å². The maximum atomic E-state index is 14.1. The zero-order valence-corrected chi connectivity index (χ0v) is 24.5. The number of nitrogens with zero attached hydrogens (tertiary/aromatic N) is 2. The molecule has 0 unspecified atom stereocenters. The van der Waals surface area contributed by atoms with Crippen LogP contribution in [0.4, 0.5) is 10.1 Å². The van der Waals surface area contributed by atoms with Gasteiger partial charge in [0.25, 0.3) is 10.0 Å². The second kappa shape index (κ2) is 13.6. The molecule has 0 aliphatic carbocycles. The summed E-state index contributed by atoms with van der Waals surface area (Å²) in [6, 6.07) is 18.0. The van der Waals surface area contributed by atoms with Gasteiger partial charge in [-0.15, -0.1) is 0 Å². The molecule has 2 atom stereocenters. The molecule has 3 rings (SSSR count). The molecule has 0 heterocycles. The minimum Gasteiger partial charge on any atom is -0.352 e. The SMILES string of the molecule is CC[C@@H](C)NC(=O)[C@@H](CC)N(Cc1ccc(F)cc1)C(=O)CN(c1cccc(C)c1C)S(=O)(=O)c1ccccc1. The fourth-order valence-corrected chi connectivity index (χ4v) is 5.88. The number of rotatable bonds is 12. The van der Waals surface area contributed by atoms with E-state index in [1.807, 2.05) is 33.8 Å². The van der Waals surface area contributed by atoms with Crippen LogP contribution >= 0.6 is 0 Å². The lowest BCUT2D eigenvalue weighted by atomic mass is 10.1. The lowest BCUT2D eigenvalue weighted by Crippen LogP contribution is -2.53. The predicted octanol–water partition coefficient (Wildman–Crippen LogP) is 5.36. The molecule has 2 amide bonds. The van der Waals surface area contributed by atoms with Crippen LogP contribution in [-0.2, 0) is 26.2 Å². The fraction of sp³-hybridized carbons (Fsp3) is 0.355. The molecule has 3 aromatic carbocycles. The van der Waals surface area contributed by atoms with E-state index in [0.29, 0.717) is 24.1 Å². The highest BCUT2D eigenvalue weighted by molar-refractivity contribution is 7.92. The van der Waals surface area contributed by atoms with E-state index < -0.39 is 34.3 Å². The van der Waals surface area contributed by atoms with Gasteiger partial charge in [0, 0.05) is 12.6 Å². The lowest BCUT2D eigenvalue weighted by Gasteiger charge is -2.34. The van der Waals surface area contributed by atoms with E-state index >= 15 is 0 Å². The number of amides is 2. The van der Waals surface area contributed by atoms with Gasteiger partial charge in [-0.2, -0.15) is 0 Å². The van der Waals surface area contributed by atoms with E-state index in [1.54, 1.807) is 49.4 Å². The maximum absolute atomic E-state index is 14.1. The van der Waals surface area contributed by atoms with E-state index in [9.17, 15) is 22.4 Å². The van der Waals surface area contributed by atoms with Crippen LogP contribution in [0, 0.1) is 19.7 Å². The summed E-state index contributed by atoms with van der Waals surface area (Å²) in [6.07, 6.45) is 1.02. The molecule has 3 aromatic rings. The van der Waals surface area contributed by atoms with Crippen molar-refractivity contribution in [2.75, 3.05) is 10.8 Å². The van der Waals surface area contributed by atoms with Crippen LogP contribution in [0.15, 0.2) is 77.7 Å². The molecule has 0 radical (unpaired) electrons. The van der Waals surface area contributed by atoms with Gasteiger partial charge in [-0.25, -0.2) is 12.8 Å². The van der Waals surface area contributed by atoms with Crippen molar-refractivity contribution in [2.45, 2.75) is 71.0 Å². The van der Waals surface area contributed by atoms with Gasteiger partial charge in [0.1, 0.15) is 18.4 Å². The first-order valence-electron chi connectivity index (χ1n) is 13.5. The molecule has 9 heteroatoms. The van der Waals surface area contributed by atoms with Crippen LogP contribution in [0.1, 0.15) is 50.3 Å². The molecule has 214 valence electrons. The molecule has 40 heavy (non-hydrogen) atoms. The van der Waals surface area contributed by atoms with Gasteiger partial charge in [0.2, 0.25) is 11.8 Å². The van der Waals surface area contributed by atoms with Crippen LogP contribution in [0.25, 0.3) is 0 Å². The Balaban J connectivity index is 2.08. The highest BCUT2D eigenvalue weighted by Gasteiger charge is 2.34. The molecular weight excluding hydrogens is 529 g/mol. The summed E-state index contributed by atoms with van der Waals surface area (Å²) in [4.78, 5) is 28.9. The molecule has 0 aliphatic heterocycles. The van der Waals surface area contributed by atoms with Gasteiger partial charge < -0.3 is 10.2 Å². The quantitative estimate of drug-likeness (QED) is 0.319. The zero-order chi connectivity index (χ0) is 29.4. The molecule has 0 aromatic heterocycles. The van der Waals surface area contributed by atoms with E-state index in [1.165, 1.54) is 29.2 Å². The van der Waals surface area contributed by atoms with Crippen molar-refractivity contribution in [3.05, 3.63) is 95.3 Å². The number of sulfonamides is 1. The van der Waals surface area contributed by atoms with Gasteiger partial charge in [-0.3, -0.25) is 13.9 Å². The molecule has 0 fully saturated rings. The van der Waals surface area contributed by atoms with Crippen LogP contribution < -0.4 is 9.62 Å². The van der Waals surface area contributed by atoms with E-state index in [4.69, 9.17) is 0 Å². The average Bonchev–Trinajstić information content (AvgIpc) is 2.94. The second-order valence-corrected chi connectivity index (χ2v) is 11.8. The lowest BCUT2D eigenvalue weighted by molar-refractivity contribution is -0.140. The van der Waals surface area contributed by atoms with Crippen molar-refractivity contribution in [2.24, 2.45) is 0 Å². The predicted molar refractivity (Wildman–Crippen MR) is 156 cm³/mol. The molecule has 0 saturated carbocycles. The van der Waals surface area contributed by atoms with E-state index in [-0.39, 0.29) is 23.4 Å². The minimum absolute atomic E-state index is 0.0115. The van der Waals surface area contributed by atoms with E-state index in [2.05, 4.69) is 5.32 Å². The Morgan fingerprint density at radius 1 is 0.900 bits per heavy atom. The summed E-state index contributed by atoms with van der Waals surface area (Å²) < 4.78 is 42.6. The van der Waals surface area contributed by atoms with Crippen LogP contribution in [-0.4, -0.2) is 43.8 Å².